The Bertz CT molecular complexity index is 937. The Hall–Kier alpha value is -1.43. The first-order valence-corrected chi connectivity index (χ1v) is 10.3. The van der Waals surface area contributed by atoms with Crippen molar-refractivity contribution in [1.29, 1.82) is 0 Å². The summed E-state index contributed by atoms with van der Waals surface area (Å²) in [7, 11) is -3.68. The molecule has 5 heteroatoms. The molecule has 2 aromatic carbocycles. The molecule has 4 nitrogen and oxygen atoms in total. The highest BCUT2D eigenvalue weighted by Crippen LogP contribution is 2.65. The molecule has 0 amide bonds. The van der Waals surface area contributed by atoms with Gasteiger partial charge in [0.25, 0.3) is 0 Å². The number of sulfonamides is 1. The molecule has 2 aliphatic rings. The fourth-order valence-electron chi connectivity index (χ4n) is 5.06. The van der Waals surface area contributed by atoms with E-state index in [0.29, 0.717) is 0 Å². The van der Waals surface area contributed by atoms with Crippen LogP contribution in [-0.4, -0.2) is 25.7 Å². The van der Waals surface area contributed by atoms with Crippen LogP contribution in [0.2, 0.25) is 0 Å². The minimum Gasteiger partial charge on any atom is -0.391 e. The van der Waals surface area contributed by atoms with Gasteiger partial charge >= 0.3 is 0 Å². The van der Waals surface area contributed by atoms with Crippen molar-refractivity contribution in [3.8, 4) is 0 Å². The molecule has 0 aromatic heterocycles. The maximum Gasteiger partial charge on any atom is 0.240 e. The Labute approximate surface area is 149 Å². The number of aliphatic hydroxyl groups is 1. The van der Waals surface area contributed by atoms with E-state index in [-0.39, 0.29) is 21.6 Å². The van der Waals surface area contributed by atoms with Crippen LogP contribution >= 0.6 is 0 Å². The molecule has 0 spiro atoms. The van der Waals surface area contributed by atoms with Gasteiger partial charge in [-0.3, -0.25) is 0 Å². The third-order valence-corrected chi connectivity index (χ3v) is 8.58. The molecule has 25 heavy (non-hydrogen) atoms. The number of hydrogen-bond acceptors (Lipinski definition) is 3. The molecule has 2 aliphatic carbocycles. The van der Waals surface area contributed by atoms with Crippen molar-refractivity contribution in [3.63, 3.8) is 0 Å². The van der Waals surface area contributed by atoms with Crippen LogP contribution < -0.4 is 4.72 Å². The smallest absolute Gasteiger partial charge is 0.240 e. The molecule has 2 N–H and O–H groups in total. The van der Waals surface area contributed by atoms with Crippen molar-refractivity contribution < 1.29 is 13.5 Å². The third-order valence-electron chi connectivity index (χ3n) is 7.12. The van der Waals surface area contributed by atoms with Crippen molar-refractivity contribution in [3.05, 3.63) is 42.5 Å². The Morgan fingerprint density at radius 3 is 2.40 bits per heavy atom. The lowest BCUT2D eigenvalue weighted by atomic mass is 9.70. The first kappa shape index (κ1) is 17.0. The Morgan fingerprint density at radius 1 is 1.08 bits per heavy atom. The van der Waals surface area contributed by atoms with Crippen LogP contribution in [0.4, 0.5) is 0 Å². The second kappa shape index (κ2) is 5.29. The second-order valence-corrected chi connectivity index (χ2v) is 10.1. The molecule has 0 radical (unpaired) electrons. The molecule has 4 atom stereocenters. The number of nitrogens with one attached hydrogen (secondary N) is 1. The van der Waals surface area contributed by atoms with Gasteiger partial charge in [0.2, 0.25) is 10.0 Å². The molecular weight excluding hydrogens is 334 g/mol. The number of rotatable bonds is 3. The predicted molar refractivity (Wildman–Crippen MR) is 98.7 cm³/mol. The molecule has 2 fully saturated rings. The van der Waals surface area contributed by atoms with E-state index in [2.05, 4.69) is 25.5 Å². The summed E-state index contributed by atoms with van der Waals surface area (Å²) in [5, 5.41) is 12.7. The summed E-state index contributed by atoms with van der Waals surface area (Å²) in [6.45, 7) is 6.39. The highest BCUT2D eigenvalue weighted by Gasteiger charge is 2.66. The van der Waals surface area contributed by atoms with Crippen LogP contribution in [0.5, 0.6) is 0 Å². The number of fused-ring (bicyclic) bond motifs is 3. The SMILES string of the molecule is CC1(C)[C@@H]2CC[C@@]1(C)[C@H](O)[C@@H]2NS(=O)(=O)c1ccc2ccccc2c1. The average Bonchev–Trinajstić information content (AvgIpc) is 2.88. The van der Waals surface area contributed by atoms with Gasteiger partial charge in [-0.25, -0.2) is 13.1 Å². The molecule has 0 heterocycles. The monoisotopic (exact) mass is 359 g/mol. The number of benzene rings is 2. The molecule has 0 unspecified atom stereocenters. The summed E-state index contributed by atoms with van der Waals surface area (Å²) in [6, 6.07) is 12.4. The van der Waals surface area contributed by atoms with Crippen LogP contribution in [0.25, 0.3) is 10.8 Å². The van der Waals surface area contributed by atoms with E-state index in [1.807, 2.05) is 30.3 Å². The minimum atomic E-state index is -3.68. The van der Waals surface area contributed by atoms with Gasteiger partial charge < -0.3 is 5.11 Å². The number of hydrogen-bond donors (Lipinski definition) is 2. The standard InChI is InChI=1S/C20H25NO3S/c1-19(2)16-10-11-20(19,3)18(22)17(16)21-25(23,24)15-9-8-13-6-4-5-7-14(13)12-15/h4-9,12,16-18,21-22H,10-11H2,1-3H3/t16-,17-,18-,20+/m1/s1. The normalized spacial score (nSPS) is 33.8. The van der Waals surface area contributed by atoms with E-state index < -0.39 is 22.2 Å². The molecule has 2 bridgehead atoms. The van der Waals surface area contributed by atoms with Crippen molar-refractivity contribution in [2.24, 2.45) is 16.7 Å². The van der Waals surface area contributed by atoms with Crippen LogP contribution in [-0.2, 0) is 10.0 Å². The van der Waals surface area contributed by atoms with Crippen LogP contribution in [0, 0.1) is 16.7 Å². The Kier molecular flexibility index (Phi) is 3.60. The topological polar surface area (TPSA) is 66.4 Å². The highest BCUT2D eigenvalue weighted by molar-refractivity contribution is 7.89. The van der Waals surface area contributed by atoms with Crippen molar-refractivity contribution in [2.75, 3.05) is 0 Å². The molecule has 134 valence electrons. The molecule has 0 saturated heterocycles. The third kappa shape index (κ3) is 2.29. The summed E-state index contributed by atoms with van der Waals surface area (Å²) >= 11 is 0. The van der Waals surface area contributed by atoms with Gasteiger partial charge in [-0.15, -0.1) is 0 Å². The van der Waals surface area contributed by atoms with E-state index in [4.69, 9.17) is 0 Å². The quantitative estimate of drug-likeness (QED) is 0.884. The summed E-state index contributed by atoms with van der Waals surface area (Å²) in [4.78, 5) is 0.254. The Balaban J connectivity index is 1.68. The summed E-state index contributed by atoms with van der Waals surface area (Å²) in [5.74, 6) is 0.155. The number of aliphatic hydroxyl groups excluding tert-OH is 1. The molecule has 2 saturated carbocycles. The van der Waals surface area contributed by atoms with Gasteiger partial charge in [0.15, 0.2) is 0 Å². The van der Waals surface area contributed by atoms with Crippen LogP contribution in [0.1, 0.15) is 33.6 Å². The largest absolute Gasteiger partial charge is 0.391 e. The Morgan fingerprint density at radius 2 is 1.76 bits per heavy atom. The van der Waals surface area contributed by atoms with Crippen LogP contribution in [0.15, 0.2) is 47.4 Å². The lowest BCUT2D eigenvalue weighted by Crippen LogP contribution is -2.49. The maximum absolute atomic E-state index is 12.9. The summed E-state index contributed by atoms with van der Waals surface area (Å²) < 4.78 is 28.7. The summed E-state index contributed by atoms with van der Waals surface area (Å²) in [6.07, 6.45) is 1.24. The van der Waals surface area contributed by atoms with E-state index in [1.54, 1.807) is 12.1 Å². The zero-order valence-electron chi connectivity index (χ0n) is 14.9. The van der Waals surface area contributed by atoms with Gasteiger partial charge in [-0.2, -0.15) is 0 Å². The zero-order valence-corrected chi connectivity index (χ0v) is 15.7. The van der Waals surface area contributed by atoms with Gasteiger partial charge in [0.1, 0.15) is 0 Å². The highest BCUT2D eigenvalue weighted by atomic mass is 32.2. The van der Waals surface area contributed by atoms with E-state index in [1.165, 1.54) is 0 Å². The van der Waals surface area contributed by atoms with Crippen molar-refractivity contribution in [1.82, 2.24) is 4.72 Å². The van der Waals surface area contributed by atoms with E-state index >= 15 is 0 Å². The molecular formula is C20H25NO3S. The van der Waals surface area contributed by atoms with Crippen molar-refractivity contribution in [2.45, 2.75) is 50.7 Å². The lowest BCUT2D eigenvalue weighted by molar-refractivity contribution is 0.00348. The van der Waals surface area contributed by atoms with Gasteiger partial charge in [0.05, 0.1) is 17.0 Å². The summed E-state index contributed by atoms with van der Waals surface area (Å²) in [5.41, 5.74) is -0.322. The molecule has 2 aromatic rings. The maximum atomic E-state index is 12.9. The fraction of sp³-hybridized carbons (Fsp3) is 0.500. The molecule has 0 aliphatic heterocycles. The average molecular weight is 359 g/mol. The van der Waals surface area contributed by atoms with Gasteiger partial charge in [0, 0.05) is 5.41 Å². The first-order valence-electron chi connectivity index (χ1n) is 8.86. The minimum absolute atomic E-state index is 0.0804. The van der Waals surface area contributed by atoms with Gasteiger partial charge in [-0.1, -0.05) is 51.1 Å². The van der Waals surface area contributed by atoms with E-state index in [0.717, 1.165) is 23.6 Å². The molecule has 4 rings (SSSR count). The van der Waals surface area contributed by atoms with Crippen molar-refractivity contribution >= 4 is 20.8 Å². The van der Waals surface area contributed by atoms with E-state index in [9.17, 15) is 13.5 Å². The second-order valence-electron chi connectivity index (χ2n) is 8.39. The van der Waals surface area contributed by atoms with Crippen LogP contribution in [0.3, 0.4) is 0 Å². The zero-order chi connectivity index (χ0) is 18.0. The fourth-order valence-corrected chi connectivity index (χ4v) is 6.38. The van der Waals surface area contributed by atoms with Gasteiger partial charge in [-0.05, 0) is 47.1 Å². The lowest BCUT2D eigenvalue weighted by Gasteiger charge is -2.37. The first-order chi connectivity index (χ1) is 11.7. The predicted octanol–water partition coefficient (Wildman–Crippen LogP) is 3.30.